The van der Waals surface area contributed by atoms with E-state index in [2.05, 4.69) is 26.0 Å². The fraction of sp³-hybridized carbons (Fsp3) is 0.176. The number of carbonyl (C=O) groups is 1. The summed E-state index contributed by atoms with van der Waals surface area (Å²) in [6, 6.07) is 12.6. The maximum atomic E-state index is 12.1. The number of amides is 1. The number of carbonyl (C=O) groups excluding carboxylic acids is 1. The first-order valence-electron chi connectivity index (χ1n) is 7.60. The molecule has 1 aromatic carbocycles. The van der Waals surface area contributed by atoms with Crippen molar-refractivity contribution in [3.8, 4) is 5.75 Å². The van der Waals surface area contributed by atoms with Crippen molar-refractivity contribution in [2.45, 2.75) is 13.5 Å². The first-order chi connectivity index (χ1) is 12.2. The summed E-state index contributed by atoms with van der Waals surface area (Å²) in [5, 5.41) is 17.4. The second-order valence-corrected chi connectivity index (χ2v) is 5.25. The molecule has 0 saturated heterocycles. The van der Waals surface area contributed by atoms with Gasteiger partial charge in [-0.15, -0.1) is 10.2 Å². The molecular weight excluding hydrogens is 322 g/mol. The quantitative estimate of drug-likeness (QED) is 0.711. The topological polar surface area (TPSA) is 102 Å². The van der Waals surface area contributed by atoms with E-state index in [-0.39, 0.29) is 5.69 Å². The van der Waals surface area contributed by atoms with Crippen LogP contribution in [0.4, 0.5) is 11.6 Å². The van der Waals surface area contributed by atoms with Gasteiger partial charge >= 0.3 is 0 Å². The van der Waals surface area contributed by atoms with Crippen molar-refractivity contribution in [2.24, 2.45) is 0 Å². The highest BCUT2D eigenvalue weighted by atomic mass is 16.5. The van der Waals surface area contributed by atoms with Crippen LogP contribution in [0.2, 0.25) is 0 Å². The molecular formula is C17H17N5O3. The first kappa shape index (κ1) is 16.4. The molecule has 25 heavy (non-hydrogen) atoms. The molecule has 0 aliphatic heterocycles. The summed E-state index contributed by atoms with van der Waals surface area (Å²) in [4.78, 5) is 12.1. The van der Waals surface area contributed by atoms with E-state index in [1.54, 1.807) is 32.2 Å². The molecule has 128 valence electrons. The Kier molecular flexibility index (Phi) is 4.89. The molecule has 0 aliphatic carbocycles. The van der Waals surface area contributed by atoms with Crippen LogP contribution in [-0.4, -0.2) is 28.4 Å². The lowest BCUT2D eigenvalue weighted by Crippen LogP contribution is -2.15. The zero-order valence-corrected chi connectivity index (χ0v) is 13.8. The second-order valence-electron chi connectivity index (χ2n) is 5.25. The van der Waals surface area contributed by atoms with Gasteiger partial charge in [0.05, 0.1) is 7.11 Å². The SMILES string of the molecule is COc1ccccc1CNc1ccc(C(=O)Nc2cc(C)on2)nn1. The van der Waals surface area contributed by atoms with Gasteiger partial charge in [0.25, 0.3) is 5.91 Å². The molecule has 2 heterocycles. The largest absolute Gasteiger partial charge is 0.496 e. The normalized spacial score (nSPS) is 10.3. The van der Waals surface area contributed by atoms with E-state index in [1.165, 1.54) is 0 Å². The van der Waals surface area contributed by atoms with Crippen LogP contribution in [0, 0.1) is 6.92 Å². The zero-order chi connectivity index (χ0) is 17.6. The van der Waals surface area contributed by atoms with Crippen molar-refractivity contribution < 1.29 is 14.1 Å². The average Bonchev–Trinajstić information content (AvgIpc) is 3.05. The summed E-state index contributed by atoms with van der Waals surface area (Å²) in [6.07, 6.45) is 0. The molecule has 0 saturated carbocycles. The van der Waals surface area contributed by atoms with E-state index in [4.69, 9.17) is 9.26 Å². The van der Waals surface area contributed by atoms with Gasteiger partial charge in [0.2, 0.25) is 0 Å². The fourth-order valence-electron chi connectivity index (χ4n) is 2.19. The van der Waals surface area contributed by atoms with Crippen molar-refractivity contribution in [1.82, 2.24) is 15.4 Å². The number of nitrogens with one attached hydrogen (secondary N) is 2. The number of methoxy groups -OCH3 is 1. The maximum Gasteiger partial charge on any atom is 0.277 e. The van der Waals surface area contributed by atoms with Gasteiger partial charge in [0, 0.05) is 18.2 Å². The van der Waals surface area contributed by atoms with Gasteiger partial charge in [-0.3, -0.25) is 4.79 Å². The number of nitrogens with zero attached hydrogens (tertiary/aromatic N) is 3. The summed E-state index contributed by atoms with van der Waals surface area (Å²) >= 11 is 0. The summed E-state index contributed by atoms with van der Waals surface area (Å²) in [6.45, 7) is 2.27. The van der Waals surface area contributed by atoms with Crippen LogP contribution < -0.4 is 15.4 Å². The Hall–Kier alpha value is -3.42. The Balaban J connectivity index is 1.61. The minimum absolute atomic E-state index is 0.184. The molecule has 1 amide bonds. The number of benzene rings is 1. The molecule has 0 radical (unpaired) electrons. The number of anilines is 2. The highest BCUT2D eigenvalue weighted by Crippen LogP contribution is 2.18. The second kappa shape index (κ2) is 7.43. The highest BCUT2D eigenvalue weighted by molar-refractivity contribution is 6.02. The van der Waals surface area contributed by atoms with Crippen molar-refractivity contribution in [2.75, 3.05) is 17.7 Å². The van der Waals surface area contributed by atoms with Gasteiger partial charge in [-0.2, -0.15) is 0 Å². The van der Waals surface area contributed by atoms with Crippen LogP contribution in [0.3, 0.4) is 0 Å². The molecule has 3 rings (SSSR count). The molecule has 2 N–H and O–H groups in total. The third-order valence-electron chi connectivity index (χ3n) is 3.42. The summed E-state index contributed by atoms with van der Waals surface area (Å²) in [5.41, 5.74) is 1.18. The van der Waals surface area contributed by atoms with Crippen LogP contribution in [0.5, 0.6) is 5.75 Å². The Bertz CT molecular complexity index is 861. The summed E-state index contributed by atoms with van der Waals surface area (Å²) in [7, 11) is 1.63. The summed E-state index contributed by atoms with van der Waals surface area (Å²) in [5.74, 6) is 1.89. The number of rotatable bonds is 6. The van der Waals surface area contributed by atoms with Crippen molar-refractivity contribution in [1.29, 1.82) is 0 Å². The van der Waals surface area contributed by atoms with Gasteiger partial charge in [0.1, 0.15) is 17.3 Å². The van der Waals surface area contributed by atoms with E-state index >= 15 is 0 Å². The number of hydrogen-bond donors (Lipinski definition) is 2. The third kappa shape index (κ3) is 4.11. The van der Waals surface area contributed by atoms with Crippen LogP contribution in [-0.2, 0) is 6.54 Å². The predicted molar refractivity (Wildman–Crippen MR) is 91.5 cm³/mol. The van der Waals surface area contributed by atoms with E-state index < -0.39 is 5.91 Å². The van der Waals surface area contributed by atoms with E-state index in [0.717, 1.165) is 11.3 Å². The van der Waals surface area contributed by atoms with Crippen molar-refractivity contribution >= 4 is 17.5 Å². The van der Waals surface area contributed by atoms with Crippen molar-refractivity contribution in [3.05, 3.63) is 59.5 Å². The molecule has 8 nitrogen and oxygen atoms in total. The van der Waals surface area contributed by atoms with E-state index in [0.29, 0.717) is 23.9 Å². The summed E-state index contributed by atoms with van der Waals surface area (Å²) < 4.78 is 10.2. The van der Waals surface area contributed by atoms with Gasteiger partial charge in [0.15, 0.2) is 11.5 Å². The predicted octanol–water partition coefficient (Wildman–Crippen LogP) is 2.65. The molecule has 0 fully saturated rings. The zero-order valence-electron chi connectivity index (χ0n) is 13.8. The molecule has 2 aromatic heterocycles. The molecule has 8 heteroatoms. The Morgan fingerprint density at radius 2 is 2.00 bits per heavy atom. The van der Waals surface area contributed by atoms with Gasteiger partial charge < -0.3 is 19.9 Å². The number of aryl methyl sites for hydroxylation is 1. The molecule has 3 aromatic rings. The minimum Gasteiger partial charge on any atom is -0.496 e. The van der Waals surface area contributed by atoms with E-state index in [9.17, 15) is 4.79 Å². The Morgan fingerprint density at radius 1 is 1.16 bits per heavy atom. The van der Waals surface area contributed by atoms with Crippen LogP contribution in [0.15, 0.2) is 47.0 Å². The highest BCUT2D eigenvalue weighted by Gasteiger charge is 2.11. The van der Waals surface area contributed by atoms with Crippen molar-refractivity contribution in [3.63, 3.8) is 0 Å². The van der Waals surface area contributed by atoms with Crippen LogP contribution in [0.25, 0.3) is 0 Å². The van der Waals surface area contributed by atoms with Crippen LogP contribution >= 0.6 is 0 Å². The molecule has 0 bridgehead atoms. The lowest BCUT2D eigenvalue weighted by atomic mass is 10.2. The van der Waals surface area contributed by atoms with Gasteiger partial charge in [-0.05, 0) is 25.1 Å². The smallest absolute Gasteiger partial charge is 0.277 e. The molecule has 0 atom stereocenters. The average molecular weight is 339 g/mol. The first-order valence-corrected chi connectivity index (χ1v) is 7.60. The number of aromatic nitrogens is 3. The molecule has 0 aliphatic rings. The lowest BCUT2D eigenvalue weighted by Gasteiger charge is -2.09. The standard InChI is InChI=1S/C17H17N5O3/c1-11-9-16(22-25-11)19-17(23)13-7-8-15(21-20-13)18-10-12-5-3-4-6-14(12)24-2/h3-9H,10H2,1-2H3,(H,18,21)(H,19,22,23). The molecule has 0 unspecified atom stereocenters. The van der Waals surface area contributed by atoms with Gasteiger partial charge in [-0.1, -0.05) is 23.4 Å². The lowest BCUT2D eigenvalue weighted by molar-refractivity contribution is 0.102. The number of hydrogen-bond acceptors (Lipinski definition) is 7. The third-order valence-corrected chi connectivity index (χ3v) is 3.42. The van der Waals surface area contributed by atoms with E-state index in [1.807, 2.05) is 24.3 Å². The fourth-order valence-corrected chi connectivity index (χ4v) is 2.19. The molecule has 0 spiro atoms. The Morgan fingerprint density at radius 3 is 2.68 bits per heavy atom. The monoisotopic (exact) mass is 339 g/mol. The van der Waals surface area contributed by atoms with Crippen LogP contribution in [0.1, 0.15) is 21.8 Å². The Labute approximate surface area is 144 Å². The minimum atomic E-state index is -0.405. The maximum absolute atomic E-state index is 12.1. The van der Waals surface area contributed by atoms with Gasteiger partial charge in [-0.25, -0.2) is 0 Å². The number of para-hydroxylation sites is 1. The number of ether oxygens (including phenoxy) is 1.